The minimum atomic E-state index is 0. The molecule has 0 bridgehead atoms. The van der Waals surface area contributed by atoms with Crippen molar-refractivity contribution in [1.82, 2.24) is 16.0 Å². The first kappa shape index (κ1) is 23.6. The van der Waals surface area contributed by atoms with Crippen molar-refractivity contribution in [3.63, 3.8) is 0 Å². The third kappa shape index (κ3) is 12.6. The molecular formula is C18H31IN4O2. The van der Waals surface area contributed by atoms with E-state index in [0.29, 0.717) is 19.5 Å². The Hall–Kier alpha value is -1.35. The van der Waals surface area contributed by atoms with Crippen molar-refractivity contribution in [3.05, 3.63) is 35.9 Å². The number of aliphatic imine (C=N–C) groups is 1. The Morgan fingerprint density at radius 1 is 1.08 bits per heavy atom. The van der Waals surface area contributed by atoms with Gasteiger partial charge >= 0.3 is 0 Å². The van der Waals surface area contributed by atoms with Gasteiger partial charge in [0, 0.05) is 46.3 Å². The molecule has 0 saturated carbocycles. The number of amides is 1. The van der Waals surface area contributed by atoms with Crippen molar-refractivity contribution in [3.8, 4) is 0 Å². The van der Waals surface area contributed by atoms with Crippen LogP contribution in [0.4, 0.5) is 0 Å². The first-order chi connectivity index (χ1) is 11.8. The SMILES string of the molecule is CCOCCCCNC(=NC)NCCC(=O)NCc1ccccc1.I. The Bertz CT molecular complexity index is 483. The normalized spacial score (nSPS) is 10.7. The molecule has 0 heterocycles. The van der Waals surface area contributed by atoms with Crippen molar-refractivity contribution < 1.29 is 9.53 Å². The molecule has 25 heavy (non-hydrogen) atoms. The molecule has 0 radical (unpaired) electrons. The number of hydrogen-bond acceptors (Lipinski definition) is 3. The van der Waals surface area contributed by atoms with Crippen LogP contribution < -0.4 is 16.0 Å². The van der Waals surface area contributed by atoms with Gasteiger partial charge in [0.15, 0.2) is 5.96 Å². The van der Waals surface area contributed by atoms with Gasteiger partial charge in [-0.3, -0.25) is 9.79 Å². The molecule has 0 saturated heterocycles. The summed E-state index contributed by atoms with van der Waals surface area (Å²) in [6, 6.07) is 9.89. The van der Waals surface area contributed by atoms with Crippen LogP contribution in [-0.2, 0) is 16.1 Å². The average Bonchev–Trinajstić information content (AvgIpc) is 2.62. The van der Waals surface area contributed by atoms with Crippen LogP contribution in [0.5, 0.6) is 0 Å². The second-order valence-corrected chi connectivity index (χ2v) is 5.34. The number of guanidine groups is 1. The zero-order valence-electron chi connectivity index (χ0n) is 15.2. The molecule has 1 rings (SSSR count). The zero-order valence-corrected chi connectivity index (χ0v) is 17.5. The van der Waals surface area contributed by atoms with E-state index in [2.05, 4.69) is 20.9 Å². The maximum Gasteiger partial charge on any atom is 0.222 e. The van der Waals surface area contributed by atoms with Crippen molar-refractivity contribution in [2.45, 2.75) is 32.7 Å². The Morgan fingerprint density at radius 2 is 1.80 bits per heavy atom. The first-order valence-electron chi connectivity index (χ1n) is 8.59. The number of unbranched alkanes of at least 4 members (excludes halogenated alkanes) is 1. The van der Waals surface area contributed by atoms with E-state index in [1.807, 2.05) is 37.3 Å². The lowest BCUT2D eigenvalue weighted by atomic mass is 10.2. The highest BCUT2D eigenvalue weighted by atomic mass is 127. The lowest BCUT2D eigenvalue weighted by Gasteiger charge is -2.12. The standard InChI is InChI=1S/C18H30N4O2.HI/c1-3-24-14-8-7-12-20-18(19-2)21-13-11-17(23)22-15-16-9-5-4-6-10-16;/h4-6,9-10H,3,7-8,11-15H2,1-2H3,(H,22,23)(H2,19,20,21);1H. The minimum Gasteiger partial charge on any atom is -0.382 e. The Balaban J connectivity index is 0.00000576. The van der Waals surface area contributed by atoms with E-state index in [1.54, 1.807) is 7.05 Å². The highest BCUT2D eigenvalue weighted by Gasteiger charge is 2.02. The lowest BCUT2D eigenvalue weighted by molar-refractivity contribution is -0.121. The van der Waals surface area contributed by atoms with Gasteiger partial charge in [0.2, 0.25) is 5.91 Å². The molecule has 6 nitrogen and oxygen atoms in total. The van der Waals surface area contributed by atoms with Crippen LogP contribution >= 0.6 is 24.0 Å². The number of ether oxygens (including phenoxy) is 1. The molecule has 0 unspecified atom stereocenters. The number of nitrogens with one attached hydrogen (secondary N) is 3. The first-order valence-corrected chi connectivity index (χ1v) is 8.59. The monoisotopic (exact) mass is 462 g/mol. The fourth-order valence-electron chi connectivity index (χ4n) is 2.08. The van der Waals surface area contributed by atoms with Gasteiger partial charge in [-0.25, -0.2) is 0 Å². The summed E-state index contributed by atoms with van der Waals surface area (Å²) in [7, 11) is 1.73. The predicted molar refractivity (Wildman–Crippen MR) is 113 cm³/mol. The van der Waals surface area contributed by atoms with E-state index in [-0.39, 0.29) is 29.9 Å². The summed E-state index contributed by atoms with van der Waals surface area (Å²) >= 11 is 0. The van der Waals surface area contributed by atoms with Crippen LogP contribution in [0.2, 0.25) is 0 Å². The van der Waals surface area contributed by atoms with Crippen molar-refractivity contribution in [2.75, 3.05) is 33.4 Å². The van der Waals surface area contributed by atoms with Gasteiger partial charge in [-0.15, -0.1) is 24.0 Å². The molecule has 1 amide bonds. The number of hydrogen-bond donors (Lipinski definition) is 3. The lowest BCUT2D eigenvalue weighted by Crippen LogP contribution is -2.39. The van der Waals surface area contributed by atoms with Crippen LogP contribution in [0.3, 0.4) is 0 Å². The van der Waals surface area contributed by atoms with Gasteiger partial charge in [0.1, 0.15) is 0 Å². The Labute approximate surface area is 168 Å². The van der Waals surface area contributed by atoms with E-state index < -0.39 is 0 Å². The van der Waals surface area contributed by atoms with E-state index in [1.165, 1.54) is 0 Å². The highest BCUT2D eigenvalue weighted by Crippen LogP contribution is 1.97. The van der Waals surface area contributed by atoms with Gasteiger partial charge in [-0.2, -0.15) is 0 Å². The zero-order chi connectivity index (χ0) is 17.5. The number of nitrogens with zero attached hydrogens (tertiary/aromatic N) is 1. The fraction of sp³-hybridized carbons (Fsp3) is 0.556. The van der Waals surface area contributed by atoms with Crippen LogP contribution in [-0.4, -0.2) is 45.2 Å². The number of rotatable bonds is 11. The molecule has 0 aliphatic carbocycles. The molecule has 0 aliphatic heterocycles. The second-order valence-electron chi connectivity index (χ2n) is 5.34. The summed E-state index contributed by atoms with van der Waals surface area (Å²) in [6.45, 7) is 5.52. The number of benzene rings is 1. The minimum absolute atomic E-state index is 0. The van der Waals surface area contributed by atoms with E-state index in [0.717, 1.165) is 44.1 Å². The maximum absolute atomic E-state index is 11.8. The molecule has 0 spiro atoms. The largest absolute Gasteiger partial charge is 0.382 e. The number of halogens is 1. The van der Waals surface area contributed by atoms with Crippen LogP contribution in [0.25, 0.3) is 0 Å². The molecule has 0 atom stereocenters. The molecule has 1 aromatic rings. The summed E-state index contributed by atoms with van der Waals surface area (Å²) in [5.74, 6) is 0.751. The topological polar surface area (TPSA) is 74.8 Å². The van der Waals surface area contributed by atoms with E-state index in [9.17, 15) is 4.79 Å². The van der Waals surface area contributed by atoms with Gasteiger partial charge < -0.3 is 20.7 Å². The molecule has 0 aliphatic rings. The van der Waals surface area contributed by atoms with Gasteiger partial charge in [0.05, 0.1) is 0 Å². The summed E-state index contributed by atoms with van der Waals surface area (Å²) in [4.78, 5) is 16.0. The maximum atomic E-state index is 11.8. The van der Waals surface area contributed by atoms with Gasteiger partial charge in [-0.05, 0) is 25.3 Å². The van der Waals surface area contributed by atoms with Crippen molar-refractivity contribution in [2.24, 2.45) is 4.99 Å². The third-order valence-electron chi connectivity index (χ3n) is 3.41. The third-order valence-corrected chi connectivity index (χ3v) is 3.41. The van der Waals surface area contributed by atoms with Crippen molar-refractivity contribution >= 4 is 35.8 Å². The number of carbonyl (C=O) groups is 1. The molecule has 0 fully saturated rings. The van der Waals surface area contributed by atoms with Crippen LogP contribution in [0, 0.1) is 0 Å². The molecule has 142 valence electrons. The highest BCUT2D eigenvalue weighted by molar-refractivity contribution is 14.0. The van der Waals surface area contributed by atoms with E-state index >= 15 is 0 Å². The summed E-state index contributed by atoms with van der Waals surface area (Å²) in [5.41, 5.74) is 1.10. The summed E-state index contributed by atoms with van der Waals surface area (Å²) in [6.07, 6.45) is 2.47. The average molecular weight is 462 g/mol. The quantitative estimate of drug-likeness (QED) is 0.204. The smallest absolute Gasteiger partial charge is 0.222 e. The Kier molecular flexibility index (Phi) is 15.3. The summed E-state index contributed by atoms with van der Waals surface area (Å²) < 4.78 is 5.29. The molecule has 3 N–H and O–H groups in total. The molecule has 7 heteroatoms. The van der Waals surface area contributed by atoms with Crippen LogP contribution in [0.1, 0.15) is 31.7 Å². The van der Waals surface area contributed by atoms with Crippen LogP contribution in [0.15, 0.2) is 35.3 Å². The summed E-state index contributed by atoms with van der Waals surface area (Å²) in [5, 5.41) is 9.29. The predicted octanol–water partition coefficient (Wildman–Crippen LogP) is 2.29. The molecular weight excluding hydrogens is 431 g/mol. The van der Waals surface area contributed by atoms with E-state index in [4.69, 9.17) is 4.74 Å². The second kappa shape index (κ2) is 16.1. The Morgan fingerprint density at radius 3 is 2.48 bits per heavy atom. The van der Waals surface area contributed by atoms with Gasteiger partial charge in [0.25, 0.3) is 0 Å². The van der Waals surface area contributed by atoms with Crippen molar-refractivity contribution in [1.29, 1.82) is 0 Å². The van der Waals surface area contributed by atoms with Gasteiger partial charge in [-0.1, -0.05) is 30.3 Å². The molecule has 1 aromatic carbocycles. The number of carbonyl (C=O) groups excluding carboxylic acids is 1. The molecule has 0 aromatic heterocycles. The fourth-order valence-corrected chi connectivity index (χ4v) is 2.08.